The monoisotopic (exact) mass is 1160 g/mol. The smallest absolute Gasteiger partial charge is 0.217 e. The first-order chi connectivity index (χ1) is 37.4. The Kier molecular flexibility index (Phi) is 24.2. The van der Waals surface area contributed by atoms with Crippen molar-refractivity contribution in [3.63, 3.8) is 0 Å². The van der Waals surface area contributed by atoms with Gasteiger partial charge in [-0.1, -0.05) is 0 Å². The van der Waals surface area contributed by atoms with Crippen LogP contribution in [0.15, 0.2) is 0 Å². The van der Waals surface area contributed by atoms with Crippen LogP contribution in [0.25, 0.3) is 0 Å². The molecule has 3 amide bonds. The number of nitrogens with one attached hydrogen (secondary N) is 3. The zero-order chi connectivity index (χ0) is 58.3. The van der Waals surface area contributed by atoms with Crippen LogP contribution in [0.3, 0.4) is 0 Å². The highest BCUT2D eigenvalue weighted by Crippen LogP contribution is 2.36. The van der Waals surface area contributed by atoms with Gasteiger partial charge in [0.15, 0.2) is 37.7 Å². The van der Waals surface area contributed by atoms with Gasteiger partial charge in [-0.05, 0) is 6.92 Å². The number of rotatable bonds is 23. The van der Waals surface area contributed by atoms with Crippen molar-refractivity contribution in [1.82, 2.24) is 16.0 Å². The van der Waals surface area contributed by atoms with Crippen molar-refractivity contribution in [3.05, 3.63) is 0 Å². The minimum atomic E-state index is -2.27. The molecule has 31 atom stereocenters. The predicted molar refractivity (Wildman–Crippen MR) is 245 cm³/mol. The van der Waals surface area contributed by atoms with Gasteiger partial charge in [0.2, 0.25) is 18.2 Å². The molecule has 6 heterocycles. The minimum Gasteiger partial charge on any atom is -0.394 e. The van der Waals surface area contributed by atoms with E-state index in [4.69, 9.17) is 56.8 Å². The van der Waals surface area contributed by atoms with Crippen LogP contribution in [-0.4, -0.2) is 341 Å². The first-order valence-electron chi connectivity index (χ1n) is 25.2. The lowest BCUT2D eigenvalue weighted by Gasteiger charge is -2.50. The van der Waals surface area contributed by atoms with Crippen LogP contribution in [-0.2, 0) is 71.2 Å². The average Bonchev–Trinajstić information content (AvgIpc) is 3.42. The van der Waals surface area contributed by atoms with Crippen molar-refractivity contribution in [1.29, 1.82) is 0 Å². The molecule has 35 nitrogen and oxygen atoms in total. The molecule has 458 valence electrons. The fourth-order valence-corrected chi connectivity index (χ4v) is 9.75. The van der Waals surface area contributed by atoms with Crippen LogP contribution in [0.1, 0.15) is 20.8 Å². The number of hydrogen-bond acceptors (Lipinski definition) is 32. The Balaban J connectivity index is 1.28. The molecule has 35 heteroatoms. The topological polar surface area (TPSA) is 542 Å². The maximum absolute atomic E-state index is 12.7. The standard InChI is InChI=1S/C44H75N3O32/c1-12-23(56)28(61)31(64)42(70-12)76-36-18(7-51)73-40(22(27(36)60)47-14(3)55)79-38-25(58)20(75-44(34(38)67)78-37-19(8-52)74-41(33(66)30(37)63)68-9-15(4-48)45-11-53)10-69-39-21(46-13(2)54)26(59)35(17(6-50)72-39)77-43-32(65)29(62)24(57)16(5-49)71-43/h11-12,15-44,48-52,56-67H,4-10H2,1-3H3,(H,45,53)(H,46,54)(H,47,55)/t12-,15+,16+,17+,18+,19+,20+,21+,22+,23+,24-,25-,26+,27+,28+,29-,30+,31-,32+,33+,34+,35+,36+,37+,38-,39+,40-,41+,42-,43-,44-/m0/s1. The molecule has 20 N–H and O–H groups in total. The fourth-order valence-electron chi connectivity index (χ4n) is 9.75. The van der Waals surface area contributed by atoms with Crippen LogP contribution in [0, 0.1) is 0 Å². The molecule has 6 aliphatic rings. The van der Waals surface area contributed by atoms with E-state index in [2.05, 4.69) is 16.0 Å². The second kappa shape index (κ2) is 29.2. The van der Waals surface area contributed by atoms with Gasteiger partial charge in [0, 0.05) is 13.8 Å². The quantitative estimate of drug-likeness (QED) is 0.0423. The lowest BCUT2D eigenvalue weighted by atomic mass is 9.94. The zero-order valence-corrected chi connectivity index (χ0v) is 42.7. The third-order valence-corrected chi connectivity index (χ3v) is 14.1. The minimum absolute atomic E-state index is 0.262. The Morgan fingerprint density at radius 3 is 1.37 bits per heavy atom. The van der Waals surface area contributed by atoms with Gasteiger partial charge >= 0.3 is 0 Å². The molecule has 0 spiro atoms. The van der Waals surface area contributed by atoms with Gasteiger partial charge in [-0.3, -0.25) is 14.4 Å². The SMILES string of the molecule is CC(=O)N[C@H]1[C@H](O[C@H]2[C@@H](O)[C@@H](CO[C@@H]3O[C@H](CO)[C@@H](O[C@@H]4O[C@H](CO)[C@H](O)[C@H](O)[C@H]4O)[C@H](O)[C@H]3NC(C)=O)O[C@@H](O[C@H]3[C@H](O)[C@@H](O)[C@H](OC[C@@H](CO)NC=O)O[C@@H]3CO)[C@@H]2O)O[C@H](CO)[C@@H](O[C@@H]2O[C@@H](C)[C@@H](O)[C@@H](O)[C@@H]2O)[C@@H]1O. The van der Waals surface area contributed by atoms with Crippen LogP contribution < -0.4 is 16.0 Å². The number of ether oxygens (including phenoxy) is 12. The second-order valence-corrected chi connectivity index (χ2v) is 19.7. The van der Waals surface area contributed by atoms with E-state index in [-0.39, 0.29) is 6.41 Å². The lowest BCUT2D eigenvalue weighted by molar-refractivity contribution is -0.384. The molecule has 6 saturated heterocycles. The molecule has 0 bridgehead atoms. The van der Waals surface area contributed by atoms with Crippen molar-refractivity contribution in [3.8, 4) is 0 Å². The van der Waals surface area contributed by atoms with Crippen LogP contribution >= 0.6 is 0 Å². The number of amides is 3. The summed E-state index contributed by atoms with van der Waals surface area (Å²) in [6, 6.07) is -4.46. The highest BCUT2D eigenvalue weighted by atomic mass is 16.8. The maximum Gasteiger partial charge on any atom is 0.217 e. The lowest BCUT2D eigenvalue weighted by Crippen LogP contribution is -2.70. The third kappa shape index (κ3) is 15.0. The highest BCUT2D eigenvalue weighted by Gasteiger charge is 2.57. The van der Waals surface area contributed by atoms with E-state index in [9.17, 15) is 101 Å². The molecule has 0 aromatic rings. The third-order valence-electron chi connectivity index (χ3n) is 14.1. The zero-order valence-electron chi connectivity index (χ0n) is 42.7. The average molecular weight is 1160 g/mol. The largest absolute Gasteiger partial charge is 0.394 e. The maximum atomic E-state index is 12.7. The fraction of sp³-hybridized carbons (Fsp3) is 0.932. The molecule has 0 aliphatic carbocycles. The van der Waals surface area contributed by atoms with E-state index in [1.165, 1.54) is 6.92 Å². The molecule has 0 radical (unpaired) electrons. The number of carbonyl (C=O) groups is 3. The highest BCUT2D eigenvalue weighted by molar-refractivity contribution is 5.73. The van der Waals surface area contributed by atoms with Crippen molar-refractivity contribution < 1.29 is 158 Å². The second-order valence-electron chi connectivity index (χ2n) is 19.7. The summed E-state index contributed by atoms with van der Waals surface area (Å²) in [6.45, 7) is -2.50. The van der Waals surface area contributed by atoms with Gasteiger partial charge in [0.25, 0.3) is 0 Å². The number of aliphatic hydroxyl groups excluding tert-OH is 17. The molecule has 6 fully saturated rings. The van der Waals surface area contributed by atoms with Crippen molar-refractivity contribution in [2.45, 2.75) is 211 Å². The summed E-state index contributed by atoms with van der Waals surface area (Å²) < 4.78 is 69.4. The number of carbonyl (C=O) groups excluding carboxylic acids is 3. The van der Waals surface area contributed by atoms with Crippen LogP contribution in [0.2, 0.25) is 0 Å². The molecule has 0 unspecified atom stereocenters. The summed E-state index contributed by atoms with van der Waals surface area (Å²) in [5.74, 6) is -1.66. The van der Waals surface area contributed by atoms with Gasteiger partial charge in [0.1, 0.15) is 140 Å². The first-order valence-corrected chi connectivity index (χ1v) is 25.2. The van der Waals surface area contributed by atoms with Crippen LogP contribution in [0.5, 0.6) is 0 Å². The molecular weight excluding hydrogens is 1080 g/mol. The Hall–Kier alpha value is -2.75. The van der Waals surface area contributed by atoms with E-state index >= 15 is 0 Å². The Morgan fingerprint density at radius 1 is 0.443 bits per heavy atom. The summed E-state index contributed by atoms with van der Waals surface area (Å²) in [6.07, 6.45) is -51.6. The van der Waals surface area contributed by atoms with E-state index in [0.717, 1.165) is 13.8 Å². The summed E-state index contributed by atoms with van der Waals surface area (Å²) >= 11 is 0. The summed E-state index contributed by atoms with van der Waals surface area (Å²) in [7, 11) is 0. The predicted octanol–water partition coefficient (Wildman–Crippen LogP) is -13.7. The summed E-state index contributed by atoms with van der Waals surface area (Å²) in [5.41, 5.74) is 0. The van der Waals surface area contributed by atoms with Gasteiger partial charge in [-0.15, -0.1) is 0 Å². The van der Waals surface area contributed by atoms with Gasteiger partial charge in [-0.2, -0.15) is 0 Å². The Bertz CT molecular complexity index is 1900. The van der Waals surface area contributed by atoms with E-state index in [1.54, 1.807) is 0 Å². The van der Waals surface area contributed by atoms with Crippen molar-refractivity contribution in [2.75, 3.05) is 46.2 Å². The summed E-state index contributed by atoms with van der Waals surface area (Å²) in [5, 5.41) is 190. The molecule has 0 saturated carbocycles. The molecule has 6 aliphatic heterocycles. The molecule has 6 rings (SSSR count). The molecule has 0 aromatic carbocycles. The van der Waals surface area contributed by atoms with Crippen molar-refractivity contribution >= 4 is 18.2 Å². The molecule has 79 heavy (non-hydrogen) atoms. The Morgan fingerprint density at radius 2 is 0.861 bits per heavy atom. The van der Waals surface area contributed by atoms with E-state index < -0.39 is 248 Å². The Labute approximate surface area is 448 Å². The van der Waals surface area contributed by atoms with Crippen LogP contribution in [0.4, 0.5) is 0 Å². The van der Waals surface area contributed by atoms with E-state index in [1.807, 2.05) is 0 Å². The molecule has 0 aromatic heterocycles. The normalized spacial score (nSPS) is 47.2. The van der Waals surface area contributed by atoms with Gasteiger partial charge in [-0.25, -0.2) is 0 Å². The van der Waals surface area contributed by atoms with Gasteiger partial charge in [0.05, 0.1) is 58.4 Å². The number of hydrogen-bond donors (Lipinski definition) is 20. The van der Waals surface area contributed by atoms with E-state index in [0.29, 0.717) is 0 Å². The first kappa shape index (κ1) is 65.4. The van der Waals surface area contributed by atoms with Crippen molar-refractivity contribution in [2.24, 2.45) is 0 Å². The molecular formula is C44H75N3O32. The number of aliphatic hydroxyl groups is 17. The van der Waals surface area contributed by atoms with Gasteiger partial charge < -0.3 is 160 Å². The summed E-state index contributed by atoms with van der Waals surface area (Å²) in [4.78, 5) is 36.2.